The fourth-order valence-electron chi connectivity index (χ4n) is 6.38. The number of rotatable bonds is 16. The van der Waals surface area contributed by atoms with Gasteiger partial charge in [0.25, 0.3) is 23.6 Å². The lowest BCUT2D eigenvalue weighted by atomic mass is 10.0. The van der Waals surface area contributed by atoms with Gasteiger partial charge >= 0.3 is 0 Å². The van der Waals surface area contributed by atoms with E-state index >= 15 is 0 Å². The van der Waals surface area contributed by atoms with Gasteiger partial charge in [-0.2, -0.15) is 0 Å². The molecule has 2 unspecified atom stereocenters. The fourth-order valence-corrected chi connectivity index (χ4v) is 6.38. The summed E-state index contributed by atoms with van der Waals surface area (Å²) < 4.78 is 16.7. The molecule has 2 atom stereocenters. The molecule has 8 amide bonds. The minimum Gasteiger partial charge on any atom is -0.382 e. The second-order valence-corrected chi connectivity index (χ2v) is 12.0. The standard InChI is InChI=1S/C34H36N6O11/c41-25-9-7-23(29(43)37-25)39-31(45)19-3-1-5-21(27(19)33(39)47)35-11-13-49-15-17-51-18-16-50-14-12-36-22-6-2-4-20-28(22)34(48)40(32(20)46)24-8-10-26(42)38-30(24)44/h1-6,23-24,35-36H,7-18H2,(H,37,41,43)(H,38,42,44). The zero-order chi connectivity index (χ0) is 36.1. The zero-order valence-corrected chi connectivity index (χ0v) is 27.5. The Hall–Kier alpha value is -5.52. The van der Waals surface area contributed by atoms with Crippen molar-refractivity contribution in [2.75, 3.05) is 63.4 Å². The Morgan fingerprint density at radius 3 is 1.33 bits per heavy atom. The second-order valence-electron chi connectivity index (χ2n) is 12.0. The third-order valence-electron chi connectivity index (χ3n) is 8.80. The molecule has 0 saturated carbocycles. The first-order chi connectivity index (χ1) is 24.7. The third kappa shape index (κ3) is 7.35. The van der Waals surface area contributed by atoms with E-state index in [0.717, 1.165) is 9.80 Å². The molecule has 51 heavy (non-hydrogen) atoms. The van der Waals surface area contributed by atoms with Crippen LogP contribution in [0.25, 0.3) is 0 Å². The first-order valence-electron chi connectivity index (χ1n) is 16.6. The van der Waals surface area contributed by atoms with Crippen LogP contribution in [0.2, 0.25) is 0 Å². The van der Waals surface area contributed by atoms with Crippen LogP contribution < -0.4 is 21.3 Å². The zero-order valence-electron chi connectivity index (χ0n) is 27.5. The number of hydrogen-bond acceptors (Lipinski definition) is 13. The Morgan fingerprint density at radius 1 is 0.549 bits per heavy atom. The van der Waals surface area contributed by atoms with Crippen LogP contribution in [0.3, 0.4) is 0 Å². The molecule has 0 aromatic heterocycles. The van der Waals surface area contributed by atoms with Crippen molar-refractivity contribution in [3.05, 3.63) is 58.7 Å². The van der Waals surface area contributed by atoms with Gasteiger partial charge in [-0.3, -0.25) is 58.8 Å². The number of carbonyl (C=O) groups excluding carboxylic acids is 8. The molecule has 2 aromatic carbocycles. The molecule has 4 N–H and O–H groups in total. The lowest BCUT2D eigenvalue weighted by Gasteiger charge is -2.27. The van der Waals surface area contributed by atoms with Crippen LogP contribution >= 0.6 is 0 Å². The highest BCUT2D eigenvalue weighted by molar-refractivity contribution is 6.26. The summed E-state index contributed by atoms with van der Waals surface area (Å²) >= 11 is 0. The van der Waals surface area contributed by atoms with E-state index in [1.54, 1.807) is 24.3 Å². The maximum atomic E-state index is 13.2. The molecule has 17 heteroatoms. The maximum Gasteiger partial charge on any atom is 0.264 e. The fraction of sp³-hybridized carbons (Fsp3) is 0.412. The number of imide groups is 4. The second kappa shape index (κ2) is 15.6. The molecule has 2 aromatic rings. The molecule has 0 spiro atoms. The van der Waals surface area contributed by atoms with Gasteiger partial charge in [-0.15, -0.1) is 0 Å². The molecule has 4 aliphatic rings. The van der Waals surface area contributed by atoms with Crippen LogP contribution in [0.4, 0.5) is 11.4 Å². The van der Waals surface area contributed by atoms with Crippen molar-refractivity contribution >= 4 is 58.6 Å². The summed E-state index contributed by atoms with van der Waals surface area (Å²) in [6, 6.07) is 7.60. The largest absolute Gasteiger partial charge is 0.382 e. The SMILES string of the molecule is O=C1CCC(N2C(=O)c3cccc(NCCOCCOCCOCCNc4cccc5c4C(=O)N(C4CCC(=O)NC4=O)C5=O)c3C2=O)C(=O)N1. The van der Waals surface area contributed by atoms with E-state index in [2.05, 4.69) is 21.3 Å². The van der Waals surface area contributed by atoms with Gasteiger partial charge in [0, 0.05) is 37.3 Å². The minimum absolute atomic E-state index is 0.0445. The number of nitrogens with one attached hydrogen (secondary N) is 4. The Labute approximate surface area is 291 Å². The van der Waals surface area contributed by atoms with Gasteiger partial charge in [-0.1, -0.05) is 12.1 Å². The number of carbonyl (C=O) groups is 8. The van der Waals surface area contributed by atoms with Gasteiger partial charge in [-0.25, -0.2) is 0 Å². The number of anilines is 2. The van der Waals surface area contributed by atoms with Crippen molar-refractivity contribution in [1.29, 1.82) is 0 Å². The first kappa shape index (κ1) is 35.3. The monoisotopic (exact) mass is 704 g/mol. The number of ether oxygens (including phenoxy) is 3. The van der Waals surface area contributed by atoms with Crippen molar-refractivity contribution in [1.82, 2.24) is 20.4 Å². The summed E-state index contributed by atoms with van der Waals surface area (Å²) in [5, 5.41) is 10.6. The highest BCUT2D eigenvalue weighted by atomic mass is 16.5. The molecule has 6 rings (SSSR count). The Bertz CT molecular complexity index is 1670. The number of piperidine rings is 2. The lowest BCUT2D eigenvalue weighted by Crippen LogP contribution is -2.54. The van der Waals surface area contributed by atoms with Gasteiger partial charge in [-0.05, 0) is 37.1 Å². The normalized spacial score (nSPS) is 20.1. The summed E-state index contributed by atoms with van der Waals surface area (Å²) in [6.07, 6.45) is 0.250. The summed E-state index contributed by atoms with van der Waals surface area (Å²) in [4.78, 5) is 102. The average Bonchev–Trinajstić information content (AvgIpc) is 3.51. The highest BCUT2D eigenvalue weighted by Crippen LogP contribution is 2.33. The van der Waals surface area contributed by atoms with Crippen LogP contribution in [0, 0.1) is 0 Å². The predicted molar refractivity (Wildman–Crippen MR) is 176 cm³/mol. The number of hydrogen-bond donors (Lipinski definition) is 4. The number of amides is 8. The van der Waals surface area contributed by atoms with E-state index in [1.807, 2.05) is 0 Å². The van der Waals surface area contributed by atoms with E-state index in [0.29, 0.717) is 50.9 Å². The van der Waals surface area contributed by atoms with Crippen LogP contribution in [0.5, 0.6) is 0 Å². The highest BCUT2D eigenvalue weighted by Gasteiger charge is 2.47. The predicted octanol–water partition coefficient (Wildman–Crippen LogP) is 0.0628. The van der Waals surface area contributed by atoms with Gasteiger partial charge in [0.15, 0.2) is 0 Å². The third-order valence-corrected chi connectivity index (χ3v) is 8.80. The van der Waals surface area contributed by atoms with Crippen molar-refractivity contribution in [3.8, 4) is 0 Å². The molecule has 4 aliphatic heterocycles. The molecule has 4 heterocycles. The summed E-state index contributed by atoms with van der Waals surface area (Å²) in [5.74, 6) is -4.53. The smallest absolute Gasteiger partial charge is 0.264 e. The summed E-state index contributed by atoms with van der Waals surface area (Å²) in [5.41, 5.74) is 1.62. The molecule has 0 aliphatic carbocycles. The molecule has 0 radical (unpaired) electrons. The van der Waals surface area contributed by atoms with E-state index in [4.69, 9.17) is 14.2 Å². The van der Waals surface area contributed by atoms with Crippen molar-refractivity contribution in [3.63, 3.8) is 0 Å². The minimum atomic E-state index is -1.04. The number of benzene rings is 2. The summed E-state index contributed by atoms with van der Waals surface area (Å²) in [6.45, 7) is 2.49. The average molecular weight is 705 g/mol. The van der Waals surface area contributed by atoms with E-state index in [9.17, 15) is 38.4 Å². The topological polar surface area (TPSA) is 219 Å². The van der Waals surface area contributed by atoms with E-state index in [-0.39, 0.29) is 61.2 Å². The van der Waals surface area contributed by atoms with E-state index < -0.39 is 59.3 Å². The first-order valence-corrected chi connectivity index (χ1v) is 16.6. The molecule has 268 valence electrons. The van der Waals surface area contributed by atoms with Gasteiger partial charge in [0.1, 0.15) is 12.1 Å². The van der Waals surface area contributed by atoms with Gasteiger partial charge in [0.05, 0.1) is 61.9 Å². The Balaban J connectivity index is 0.845. The van der Waals surface area contributed by atoms with Crippen LogP contribution in [0.15, 0.2) is 36.4 Å². The van der Waals surface area contributed by atoms with Crippen molar-refractivity contribution < 1.29 is 52.6 Å². The van der Waals surface area contributed by atoms with Crippen molar-refractivity contribution in [2.24, 2.45) is 0 Å². The molecule has 2 saturated heterocycles. The van der Waals surface area contributed by atoms with Crippen LogP contribution in [0.1, 0.15) is 67.1 Å². The van der Waals surface area contributed by atoms with Crippen LogP contribution in [-0.2, 0) is 33.4 Å². The quantitative estimate of drug-likeness (QED) is 0.134. The molecule has 17 nitrogen and oxygen atoms in total. The van der Waals surface area contributed by atoms with Gasteiger partial charge < -0.3 is 24.8 Å². The van der Waals surface area contributed by atoms with Crippen LogP contribution in [-0.4, -0.2) is 122 Å². The molecule has 0 bridgehead atoms. The number of nitrogens with zero attached hydrogens (tertiary/aromatic N) is 2. The molecular formula is C34H36N6O11. The van der Waals surface area contributed by atoms with Crippen molar-refractivity contribution in [2.45, 2.75) is 37.8 Å². The van der Waals surface area contributed by atoms with Gasteiger partial charge in [0.2, 0.25) is 23.6 Å². The molecule has 2 fully saturated rings. The Kier molecular flexibility index (Phi) is 10.8. The lowest BCUT2D eigenvalue weighted by molar-refractivity contribution is -0.137. The molecular weight excluding hydrogens is 668 g/mol. The Morgan fingerprint density at radius 2 is 0.941 bits per heavy atom. The van der Waals surface area contributed by atoms with E-state index in [1.165, 1.54) is 12.1 Å². The summed E-state index contributed by atoms with van der Waals surface area (Å²) in [7, 11) is 0. The number of fused-ring (bicyclic) bond motifs is 2. The maximum absolute atomic E-state index is 13.2.